The highest BCUT2D eigenvalue weighted by Gasteiger charge is 2.20. The van der Waals surface area contributed by atoms with E-state index in [1.165, 1.54) is 11.8 Å². The molecule has 0 unspecified atom stereocenters. The number of thiophene rings is 1. The standard InChI is InChI=1S/C19H19ClN4OS2/c1-23-6-8-24(9-7-23)16(25)11-27-19-17-15(10-26-18(17)21-12-22-19)13-2-4-14(20)5-3-13/h2-5,10,12H,6-9,11H2,1H3. The maximum Gasteiger partial charge on any atom is 0.233 e. The number of likely N-dealkylation sites (N-methyl/N-ethyl adjacent to an activating group) is 1. The zero-order valence-corrected chi connectivity index (χ0v) is 17.3. The van der Waals surface area contributed by atoms with Crippen LogP contribution in [-0.4, -0.2) is 64.7 Å². The number of fused-ring (bicyclic) bond motifs is 1. The summed E-state index contributed by atoms with van der Waals surface area (Å²) in [5.41, 5.74) is 2.16. The maximum absolute atomic E-state index is 12.6. The lowest BCUT2D eigenvalue weighted by Crippen LogP contribution is -2.47. The molecule has 1 aromatic carbocycles. The van der Waals surface area contributed by atoms with Crippen LogP contribution < -0.4 is 0 Å². The van der Waals surface area contributed by atoms with Crippen molar-refractivity contribution in [2.75, 3.05) is 39.0 Å². The van der Waals surface area contributed by atoms with Gasteiger partial charge in [-0.3, -0.25) is 4.79 Å². The van der Waals surface area contributed by atoms with Crippen molar-refractivity contribution in [2.24, 2.45) is 0 Å². The van der Waals surface area contributed by atoms with Gasteiger partial charge in [0.1, 0.15) is 16.2 Å². The summed E-state index contributed by atoms with van der Waals surface area (Å²) < 4.78 is 0. The predicted octanol–water partition coefficient (Wildman–Crippen LogP) is 3.88. The third kappa shape index (κ3) is 4.11. The van der Waals surface area contributed by atoms with Gasteiger partial charge >= 0.3 is 0 Å². The number of hydrogen-bond donors (Lipinski definition) is 0. The smallest absolute Gasteiger partial charge is 0.233 e. The van der Waals surface area contributed by atoms with E-state index in [1.54, 1.807) is 17.7 Å². The number of hydrogen-bond acceptors (Lipinski definition) is 6. The quantitative estimate of drug-likeness (QED) is 0.475. The summed E-state index contributed by atoms with van der Waals surface area (Å²) in [5.74, 6) is 0.564. The number of carbonyl (C=O) groups excluding carboxylic acids is 1. The van der Waals surface area contributed by atoms with E-state index in [2.05, 4.69) is 27.3 Å². The van der Waals surface area contributed by atoms with Crippen LogP contribution >= 0.6 is 34.7 Å². The van der Waals surface area contributed by atoms with E-state index in [9.17, 15) is 4.79 Å². The molecule has 3 heterocycles. The molecular formula is C19H19ClN4OS2. The summed E-state index contributed by atoms with van der Waals surface area (Å²) in [7, 11) is 2.09. The molecule has 1 fully saturated rings. The van der Waals surface area contributed by atoms with Gasteiger partial charge in [-0.05, 0) is 24.7 Å². The van der Waals surface area contributed by atoms with E-state index in [0.717, 1.165) is 52.5 Å². The van der Waals surface area contributed by atoms with Crippen LogP contribution in [0, 0.1) is 0 Å². The third-order valence-electron chi connectivity index (χ3n) is 4.68. The van der Waals surface area contributed by atoms with Crippen LogP contribution in [0.3, 0.4) is 0 Å². The minimum Gasteiger partial charge on any atom is -0.339 e. The molecule has 0 spiro atoms. The molecule has 0 saturated carbocycles. The second-order valence-electron chi connectivity index (χ2n) is 6.49. The minimum atomic E-state index is 0.170. The van der Waals surface area contributed by atoms with Crippen molar-refractivity contribution in [2.45, 2.75) is 5.03 Å². The highest BCUT2D eigenvalue weighted by Crippen LogP contribution is 2.38. The van der Waals surface area contributed by atoms with Crippen LogP contribution in [0.15, 0.2) is 41.0 Å². The van der Waals surface area contributed by atoms with Gasteiger partial charge in [-0.2, -0.15) is 0 Å². The fourth-order valence-electron chi connectivity index (χ4n) is 3.08. The Bertz CT molecular complexity index is 952. The normalized spacial score (nSPS) is 15.4. The Morgan fingerprint density at radius 1 is 1.19 bits per heavy atom. The topological polar surface area (TPSA) is 49.3 Å². The molecule has 1 aliphatic heterocycles. The number of benzene rings is 1. The number of piperazine rings is 1. The van der Waals surface area contributed by atoms with Crippen LogP contribution in [0.5, 0.6) is 0 Å². The van der Waals surface area contributed by atoms with E-state index in [-0.39, 0.29) is 5.91 Å². The second kappa shape index (κ2) is 8.14. The molecule has 5 nitrogen and oxygen atoms in total. The minimum absolute atomic E-state index is 0.170. The average molecular weight is 419 g/mol. The molecule has 3 aromatic rings. The number of nitrogens with zero attached hydrogens (tertiary/aromatic N) is 4. The van der Waals surface area contributed by atoms with Crippen molar-refractivity contribution in [1.29, 1.82) is 0 Å². The molecule has 4 rings (SSSR count). The largest absolute Gasteiger partial charge is 0.339 e. The summed E-state index contributed by atoms with van der Waals surface area (Å²) in [6.45, 7) is 3.45. The van der Waals surface area contributed by atoms with Crippen LogP contribution in [-0.2, 0) is 4.79 Å². The number of rotatable bonds is 4. The fourth-order valence-corrected chi connectivity index (χ4v) is 5.10. The van der Waals surface area contributed by atoms with Gasteiger partial charge in [0.05, 0.1) is 11.1 Å². The van der Waals surface area contributed by atoms with Crippen molar-refractivity contribution >= 4 is 50.8 Å². The summed E-state index contributed by atoms with van der Waals surface area (Å²) >= 11 is 9.10. The molecule has 0 radical (unpaired) electrons. The molecule has 1 amide bonds. The lowest BCUT2D eigenvalue weighted by molar-refractivity contribution is -0.129. The number of carbonyl (C=O) groups is 1. The lowest BCUT2D eigenvalue weighted by atomic mass is 10.1. The summed E-state index contributed by atoms with van der Waals surface area (Å²) in [4.78, 5) is 26.6. The Kier molecular flexibility index (Phi) is 5.63. The van der Waals surface area contributed by atoms with Crippen LogP contribution in [0.25, 0.3) is 21.3 Å². The molecular weight excluding hydrogens is 400 g/mol. The van der Waals surface area contributed by atoms with E-state index in [1.807, 2.05) is 29.2 Å². The van der Waals surface area contributed by atoms with E-state index in [4.69, 9.17) is 11.6 Å². The van der Waals surface area contributed by atoms with Crippen molar-refractivity contribution in [3.63, 3.8) is 0 Å². The first-order valence-electron chi connectivity index (χ1n) is 8.69. The van der Waals surface area contributed by atoms with Gasteiger partial charge in [-0.15, -0.1) is 11.3 Å². The number of halogens is 1. The number of thioether (sulfide) groups is 1. The number of aromatic nitrogens is 2. The highest BCUT2D eigenvalue weighted by atomic mass is 35.5. The second-order valence-corrected chi connectivity index (χ2v) is 8.75. The average Bonchev–Trinajstić information content (AvgIpc) is 3.12. The van der Waals surface area contributed by atoms with E-state index >= 15 is 0 Å². The van der Waals surface area contributed by atoms with E-state index in [0.29, 0.717) is 10.8 Å². The molecule has 0 aliphatic carbocycles. The van der Waals surface area contributed by atoms with Gasteiger partial charge in [0.15, 0.2) is 0 Å². The Labute approximate surface area is 171 Å². The lowest BCUT2D eigenvalue weighted by Gasteiger charge is -2.32. The van der Waals surface area contributed by atoms with Gasteiger partial charge < -0.3 is 9.80 Å². The molecule has 140 valence electrons. The first kappa shape index (κ1) is 18.7. The zero-order valence-electron chi connectivity index (χ0n) is 14.9. The SMILES string of the molecule is CN1CCN(C(=O)CSc2ncnc3scc(-c4ccc(Cl)cc4)c23)CC1. The van der Waals surface area contributed by atoms with Crippen molar-refractivity contribution < 1.29 is 4.79 Å². The first-order valence-corrected chi connectivity index (χ1v) is 10.9. The molecule has 0 bridgehead atoms. The molecule has 1 aliphatic rings. The Hall–Kier alpha value is -1.67. The van der Waals surface area contributed by atoms with Crippen molar-refractivity contribution in [3.8, 4) is 11.1 Å². The Balaban J connectivity index is 1.56. The van der Waals surface area contributed by atoms with Crippen molar-refractivity contribution in [3.05, 3.63) is 41.0 Å². The zero-order chi connectivity index (χ0) is 18.8. The van der Waals surface area contributed by atoms with E-state index < -0.39 is 0 Å². The van der Waals surface area contributed by atoms with Gasteiger partial charge in [0, 0.05) is 42.1 Å². The molecule has 8 heteroatoms. The van der Waals surface area contributed by atoms with Crippen molar-refractivity contribution in [1.82, 2.24) is 19.8 Å². The predicted molar refractivity (Wildman–Crippen MR) is 113 cm³/mol. The molecule has 2 aromatic heterocycles. The summed E-state index contributed by atoms with van der Waals surface area (Å²) in [6, 6.07) is 7.77. The first-order chi connectivity index (χ1) is 13.1. The highest BCUT2D eigenvalue weighted by molar-refractivity contribution is 8.00. The fraction of sp³-hybridized carbons (Fsp3) is 0.316. The maximum atomic E-state index is 12.6. The van der Waals surface area contributed by atoms with Crippen LogP contribution in [0.1, 0.15) is 0 Å². The molecule has 1 saturated heterocycles. The Morgan fingerprint density at radius 3 is 2.67 bits per heavy atom. The Morgan fingerprint density at radius 2 is 1.93 bits per heavy atom. The van der Waals surface area contributed by atoms with Gasteiger partial charge in [-0.1, -0.05) is 35.5 Å². The van der Waals surface area contributed by atoms with Crippen LogP contribution in [0.2, 0.25) is 5.02 Å². The van der Waals surface area contributed by atoms with Gasteiger partial charge in [-0.25, -0.2) is 9.97 Å². The molecule has 27 heavy (non-hydrogen) atoms. The number of amides is 1. The molecule has 0 N–H and O–H groups in total. The monoisotopic (exact) mass is 418 g/mol. The van der Waals surface area contributed by atoms with Crippen LogP contribution in [0.4, 0.5) is 0 Å². The summed E-state index contributed by atoms with van der Waals surface area (Å²) in [6.07, 6.45) is 1.58. The third-order valence-corrected chi connectivity index (χ3v) is 6.79. The van der Waals surface area contributed by atoms with Gasteiger partial charge in [0.25, 0.3) is 0 Å². The molecule has 0 atom stereocenters. The summed E-state index contributed by atoms with van der Waals surface area (Å²) in [5, 5.41) is 4.67. The van der Waals surface area contributed by atoms with Gasteiger partial charge in [0.2, 0.25) is 5.91 Å².